The maximum atomic E-state index is 11.2. The molecule has 4 rings (SSSR count). The zero-order valence-corrected chi connectivity index (χ0v) is 16.8. The molecule has 1 aliphatic carbocycles. The maximum Gasteiger partial charge on any atom is 0.303 e. The Morgan fingerprint density at radius 1 is 1.10 bits per heavy atom. The van der Waals surface area contributed by atoms with Gasteiger partial charge in [-0.15, -0.1) is 15.0 Å². The van der Waals surface area contributed by atoms with Gasteiger partial charge in [0, 0.05) is 12.0 Å². The summed E-state index contributed by atoms with van der Waals surface area (Å²) in [5.41, 5.74) is 3.97. The van der Waals surface area contributed by atoms with E-state index in [-0.39, 0.29) is 17.6 Å². The van der Waals surface area contributed by atoms with Gasteiger partial charge >= 0.3 is 5.97 Å². The summed E-state index contributed by atoms with van der Waals surface area (Å²) < 4.78 is 0. The molecular formula is C23H27N3O3. The van der Waals surface area contributed by atoms with E-state index in [0.717, 1.165) is 47.8 Å². The van der Waals surface area contributed by atoms with E-state index in [9.17, 15) is 9.90 Å². The topological polar surface area (TPSA) is 88.2 Å². The van der Waals surface area contributed by atoms with Gasteiger partial charge in [-0.3, -0.25) is 4.79 Å². The fourth-order valence-electron chi connectivity index (χ4n) is 4.45. The van der Waals surface area contributed by atoms with Gasteiger partial charge in [-0.05, 0) is 54.9 Å². The number of rotatable bonds is 6. The van der Waals surface area contributed by atoms with Crippen LogP contribution >= 0.6 is 0 Å². The number of aryl methyl sites for hydroxylation is 1. The van der Waals surface area contributed by atoms with E-state index in [1.807, 2.05) is 30.3 Å². The first-order valence-electron chi connectivity index (χ1n) is 10.4. The highest BCUT2D eigenvalue weighted by molar-refractivity contribution is 5.74. The summed E-state index contributed by atoms with van der Waals surface area (Å²) >= 11 is 0. The first kappa shape index (κ1) is 19.4. The molecule has 3 aromatic rings. The Labute approximate surface area is 170 Å². The smallest absolute Gasteiger partial charge is 0.303 e. The largest absolute Gasteiger partial charge is 0.505 e. The van der Waals surface area contributed by atoms with Crippen molar-refractivity contribution in [2.24, 2.45) is 0 Å². The van der Waals surface area contributed by atoms with Gasteiger partial charge in [-0.25, -0.2) is 0 Å². The molecular weight excluding hydrogens is 366 g/mol. The normalized spacial score (nSPS) is 16.2. The Hall–Kier alpha value is -2.89. The number of phenols is 1. The van der Waals surface area contributed by atoms with E-state index in [1.165, 1.54) is 11.2 Å². The summed E-state index contributed by atoms with van der Waals surface area (Å²) in [7, 11) is 0. The van der Waals surface area contributed by atoms with Crippen molar-refractivity contribution in [3.8, 4) is 11.4 Å². The van der Waals surface area contributed by atoms with E-state index in [1.54, 1.807) is 0 Å². The van der Waals surface area contributed by atoms with Crippen LogP contribution in [0.2, 0.25) is 0 Å². The summed E-state index contributed by atoms with van der Waals surface area (Å²) in [5.74, 6) is -0.555. The Balaban J connectivity index is 1.79. The molecule has 2 aromatic carbocycles. The molecule has 2 N–H and O–H groups in total. The third-order valence-electron chi connectivity index (χ3n) is 6.12. The highest BCUT2D eigenvalue weighted by atomic mass is 16.4. The number of aliphatic carboxylic acids is 1. The van der Waals surface area contributed by atoms with Gasteiger partial charge < -0.3 is 10.2 Å². The third-order valence-corrected chi connectivity index (χ3v) is 6.12. The number of carbonyl (C=O) groups is 1. The highest BCUT2D eigenvalue weighted by Gasteiger charge is 2.33. The number of hydrogen-bond acceptors (Lipinski definition) is 4. The van der Waals surface area contributed by atoms with Crippen LogP contribution in [0.3, 0.4) is 0 Å². The van der Waals surface area contributed by atoms with Crippen molar-refractivity contribution in [3.63, 3.8) is 0 Å². The van der Waals surface area contributed by atoms with E-state index in [4.69, 9.17) is 5.11 Å². The zero-order chi connectivity index (χ0) is 20.4. The molecule has 0 amide bonds. The number of benzene rings is 2. The second kappa shape index (κ2) is 7.85. The second-order valence-electron chi connectivity index (χ2n) is 8.36. The summed E-state index contributed by atoms with van der Waals surface area (Å²) in [6.45, 7) is 2.22. The molecule has 6 heteroatoms. The van der Waals surface area contributed by atoms with Crippen molar-refractivity contribution >= 4 is 17.0 Å². The van der Waals surface area contributed by atoms with Crippen LogP contribution in [0.4, 0.5) is 0 Å². The number of carboxylic acid groups (broad SMARTS) is 1. The van der Waals surface area contributed by atoms with Crippen molar-refractivity contribution in [3.05, 3.63) is 47.5 Å². The average Bonchev–Trinajstić information content (AvgIpc) is 3.13. The van der Waals surface area contributed by atoms with E-state index >= 15 is 0 Å². The van der Waals surface area contributed by atoms with Gasteiger partial charge in [0.05, 0.1) is 0 Å². The summed E-state index contributed by atoms with van der Waals surface area (Å²) in [6.07, 6.45) is 6.94. The first-order valence-corrected chi connectivity index (χ1v) is 10.4. The van der Waals surface area contributed by atoms with Gasteiger partial charge in [-0.2, -0.15) is 0 Å². The molecule has 0 radical (unpaired) electrons. The zero-order valence-electron chi connectivity index (χ0n) is 16.8. The van der Waals surface area contributed by atoms with Gasteiger partial charge in [0.15, 0.2) is 0 Å². The van der Waals surface area contributed by atoms with Crippen LogP contribution in [0.25, 0.3) is 16.7 Å². The molecule has 0 saturated heterocycles. The fraction of sp³-hybridized carbons (Fsp3) is 0.435. The lowest BCUT2D eigenvalue weighted by Gasteiger charge is -2.35. The molecule has 0 spiro atoms. The summed E-state index contributed by atoms with van der Waals surface area (Å²) in [4.78, 5) is 12.4. The lowest BCUT2D eigenvalue weighted by molar-refractivity contribution is -0.137. The van der Waals surface area contributed by atoms with Crippen LogP contribution in [0.1, 0.15) is 63.0 Å². The van der Waals surface area contributed by atoms with Gasteiger partial charge in [0.25, 0.3) is 0 Å². The van der Waals surface area contributed by atoms with Crippen molar-refractivity contribution in [1.29, 1.82) is 0 Å². The van der Waals surface area contributed by atoms with E-state index in [0.29, 0.717) is 18.5 Å². The van der Waals surface area contributed by atoms with Crippen LogP contribution in [0.15, 0.2) is 36.4 Å². The Bertz CT molecular complexity index is 1000. The fourth-order valence-corrected chi connectivity index (χ4v) is 4.45. The Morgan fingerprint density at radius 3 is 2.38 bits per heavy atom. The molecule has 1 heterocycles. The van der Waals surface area contributed by atoms with E-state index < -0.39 is 5.97 Å². The Morgan fingerprint density at radius 2 is 1.76 bits per heavy atom. The molecule has 0 aliphatic heterocycles. The molecule has 0 unspecified atom stereocenters. The van der Waals surface area contributed by atoms with Crippen LogP contribution in [-0.4, -0.2) is 31.2 Å². The summed E-state index contributed by atoms with van der Waals surface area (Å²) in [5, 5.41) is 29.3. The molecule has 1 aromatic heterocycles. The van der Waals surface area contributed by atoms with Gasteiger partial charge in [-0.1, -0.05) is 44.4 Å². The molecule has 152 valence electrons. The number of fused-ring (bicyclic) bond motifs is 1. The number of phenolic OH excluding ortho intramolecular Hbond substituents is 1. The summed E-state index contributed by atoms with van der Waals surface area (Å²) in [6, 6.07) is 11.6. The van der Waals surface area contributed by atoms with Crippen LogP contribution in [0, 0.1) is 0 Å². The standard InChI is InChI=1S/C23H27N3O3/c1-23(12-5-2-6-13-23)17-14-16(8-7-11-21(27)28)15-20(22(17)29)26-24-18-9-3-4-10-19(18)25-26/h3-4,9-10,14-15,29H,2,5-8,11-13H2,1H3,(H,27,28). The third kappa shape index (κ3) is 3.97. The van der Waals surface area contributed by atoms with Gasteiger partial charge in [0.2, 0.25) is 0 Å². The van der Waals surface area contributed by atoms with Crippen LogP contribution < -0.4 is 0 Å². The number of aromatic nitrogens is 3. The lowest BCUT2D eigenvalue weighted by Crippen LogP contribution is -2.26. The monoisotopic (exact) mass is 393 g/mol. The molecule has 0 atom stereocenters. The molecule has 1 aliphatic rings. The van der Waals surface area contributed by atoms with Crippen molar-refractivity contribution in [2.45, 2.75) is 63.7 Å². The van der Waals surface area contributed by atoms with Crippen molar-refractivity contribution in [1.82, 2.24) is 15.0 Å². The number of nitrogens with zero attached hydrogens (tertiary/aromatic N) is 3. The quantitative estimate of drug-likeness (QED) is 0.631. The molecule has 29 heavy (non-hydrogen) atoms. The lowest BCUT2D eigenvalue weighted by atomic mass is 9.70. The predicted octanol–water partition coefficient (Wildman–Crippen LogP) is 4.76. The minimum Gasteiger partial charge on any atom is -0.505 e. The first-order chi connectivity index (χ1) is 14.0. The minimum absolute atomic E-state index is 0.0908. The van der Waals surface area contributed by atoms with Gasteiger partial charge in [0.1, 0.15) is 22.5 Å². The predicted molar refractivity (Wildman–Crippen MR) is 112 cm³/mol. The van der Waals surface area contributed by atoms with E-state index in [2.05, 4.69) is 23.2 Å². The van der Waals surface area contributed by atoms with Crippen LogP contribution in [0.5, 0.6) is 5.75 Å². The maximum absolute atomic E-state index is 11.2. The highest BCUT2D eigenvalue weighted by Crippen LogP contribution is 2.45. The second-order valence-corrected chi connectivity index (χ2v) is 8.36. The van der Waals surface area contributed by atoms with Crippen molar-refractivity contribution in [2.75, 3.05) is 0 Å². The minimum atomic E-state index is -0.788. The molecule has 0 bridgehead atoms. The Kier molecular flexibility index (Phi) is 5.26. The average molecular weight is 393 g/mol. The number of carboxylic acids is 1. The van der Waals surface area contributed by atoms with Crippen LogP contribution in [-0.2, 0) is 16.6 Å². The number of aromatic hydroxyl groups is 1. The molecule has 6 nitrogen and oxygen atoms in total. The molecule has 1 fully saturated rings. The molecule has 1 saturated carbocycles. The van der Waals surface area contributed by atoms with Crippen molar-refractivity contribution < 1.29 is 15.0 Å². The SMILES string of the molecule is CC1(c2cc(CCCC(=O)O)cc(-n3nc4ccccc4n3)c2O)CCCCC1. The number of hydrogen-bond donors (Lipinski definition) is 2.